The number of imidazole rings is 1. The van der Waals surface area contributed by atoms with Gasteiger partial charge in [0.25, 0.3) is 0 Å². The Hall–Kier alpha value is -1.58. The normalized spacial score (nSPS) is 9.79. The van der Waals surface area contributed by atoms with Crippen LogP contribution in [-0.4, -0.2) is 22.1 Å². The zero-order valence-corrected chi connectivity index (χ0v) is 8.27. The molecule has 0 N–H and O–H groups in total. The van der Waals surface area contributed by atoms with Gasteiger partial charge in [-0.05, 0) is 13.3 Å². The molecule has 1 rings (SSSR count). The Labute approximate surface area is 83.2 Å². The Balaban J connectivity index is 2.11. The fraction of sp³-hybridized carbons (Fsp3) is 0.400. The van der Waals surface area contributed by atoms with Crippen molar-refractivity contribution in [3.8, 4) is 0 Å². The van der Waals surface area contributed by atoms with Gasteiger partial charge in [-0.25, -0.2) is 9.78 Å². The van der Waals surface area contributed by atoms with Gasteiger partial charge in [0, 0.05) is 24.5 Å². The van der Waals surface area contributed by atoms with Gasteiger partial charge in [-0.3, -0.25) is 0 Å². The van der Waals surface area contributed by atoms with E-state index in [1.807, 2.05) is 10.8 Å². The molecule has 0 amide bonds. The lowest BCUT2D eigenvalue weighted by atomic mass is 10.3. The first-order valence-corrected chi connectivity index (χ1v) is 4.48. The van der Waals surface area contributed by atoms with Crippen molar-refractivity contribution < 1.29 is 9.53 Å². The molecule has 0 aliphatic carbocycles. The molecule has 0 saturated heterocycles. The van der Waals surface area contributed by atoms with Crippen molar-refractivity contribution in [3.05, 3.63) is 30.9 Å². The van der Waals surface area contributed by atoms with E-state index in [-0.39, 0.29) is 5.97 Å². The van der Waals surface area contributed by atoms with E-state index in [4.69, 9.17) is 4.74 Å². The van der Waals surface area contributed by atoms with Crippen LogP contribution in [-0.2, 0) is 16.1 Å². The quantitative estimate of drug-likeness (QED) is 0.404. The standard InChI is InChI=1S/C10H14N2O2/c1-9(2)10(13)14-7-3-5-12-6-4-11-8-12/h4,6,8H,1,3,5,7H2,2H3. The second kappa shape index (κ2) is 5.21. The van der Waals surface area contributed by atoms with Crippen LogP contribution < -0.4 is 0 Å². The maximum Gasteiger partial charge on any atom is 0.333 e. The first-order chi connectivity index (χ1) is 6.70. The van der Waals surface area contributed by atoms with Gasteiger partial charge in [-0.1, -0.05) is 6.58 Å². The van der Waals surface area contributed by atoms with Crippen LogP contribution >= 0.6 is 0 Å². The fourth-order valence-electron chi connectivity index (χ4n) is 0.954. The molecular formula is C10H14N2O2. The summed E-state index contributed by atoms with van der Waals surface area (Å²) in [6, 6.07) is 0. The second-order valence-electron chi connectivity index (χ2n) is 3.07. The van der Waals surface area contributed by atoms with Gasteiger partial charge < -0.3 is 9.30 Å². The average Bonchev–Trinajstić information content (AvgIpc) is 2.64. The summed E-state index contributed by atoms with van der Waals surface area (Å²) >= 11 is 0. The number of hydrogen-bond donors (Lipinski definition) is 0. The third-order valence-corrected chi connectivity index (χ3v) is 1.70. The van der Waals surface area contributed by atoms with Gasteiger partial charge in [0.05, 0.1) is 12.9 Å². The summed E-state index contributed by atoms with van der Waals surface area (Å²) in [5.41, 5.74) is 0.438. The lowest BCUT2D eigenvalue weighted by Crippen LogP contribution is -2.08. The van der Waals surface area contributed by atoms with Gasteiger partial charge in [-0.15, -0.1) is 0 Å². The number of hydrogen-bond acceptors (Lipinski definition) is 3. The maximum atomic E-state index is 11.0. The molecule has 0 atom stereocenters. The Bertz CT molecular complexity index is 304. The van der Waals surface area contributed by atoms with Crippen molar-refractivity contribution >= 4 is 5.97 Å². The summed E-state index contributed by atoms with van der Waals surface area (Å²) in [5, 5.41) is 0. The summed E-state index contributed by atoms with van der Waals surface area (Å²) in [4.78, 5) is 14.9. The van der Waals surface area contributed by atoms with E-state index < -0.39 is 0 Å². The lowest BCUT2D eigenvalue weighted by Gasteiger charge is -2.04. The topological polar surface area (TPSA) is 44.1 Å². The number of esters is 1. The molecule has 0 unspecified atom stereocenters. The van der Waals surface area contributed by atoms with Crippen LogP contribution in [0.5, 0.6) is 0 Å². The van der Waals surface area contributed by atoms with Crippen LogP contribution in [0.15, 0.2) is 30.9 Å². The number of carbonyl (C=O) groups is 1. The van der Waals surface area contributed by atoms with Crippen molar-refractivity contribution in [2.75, 3.05) is 6.61 Å². The lowest BCUT2D eigenvalue weighted by molar-refractivity contribution is -0.139. The van der Waals surface area contributed by atoms with E-state index in [1.54, 1.807) is 19.4 Å². The van der Waals surface area contributed by atoms with Gasteiger partial charge in [-0.2, -0.15) is 0 Å². The number of nitrogens with zero attached hydrogens (tertiary/aromatic N) is 2. The summed E-state index contributed by atoms with van der Waals surface area (Å²) in [5.74, 6) is -0.323. The largest absolute Gasteiger partial charge is 0.462 e. The maximum absolute atomic E-state index is 11.0. The summed E-state index contributed by atoms with van der Waals surface area (Å²) in [6.45, 7) is 6.36. The number of ether oxygens (including phenoxy) is 1. The molecule has 0 aliphatic heterocycles. The van der Waals surface area contributed by atoms with Crippen LogP contribution in [0.2, 0.25) is 0 Å². The van der Waals surface area contributed by atoms with Crippen LogP contribution in [0.25, 0.3) is 0 Å². The smallest absolute Gasteiger partial charge is 0.333 e. The molecule has 1 heterocycles. The number of carbonyl (C=O) groups excluding carboxylic acids is 1. The zero-order chi connectivity index (χ0) is 10.4. The van der Waals surface area contributed by atoms with Crippen molar-refractivity contribution in [1.82, 2.24) is 9.55 Å². The predicted molar refractivity (Wildman–Crippen MR) is 52.6 cm³/mol. The molecule has 76 valence electrons. The first kappa shape index (κ1) is 10.5. The Morgan fingerprint density at radius 2 is 2.43 bits per heavy atom. The minimum atomic E-state index is -0.323. The van der Waals surface area contributed by atoms with Crippen molar-refractivity contribution in [3.63, 3.8) is 0 Å². The van der Waals surface area contributed by atoms with E-state index in [2.05, 4.69) is 11.6 Å². The minimum absolute atomic E-state index is 0.323. The van der Waals surface area contributed by atoms with Gasteiger partial charge in [0.2, 0.25) is 0 Å². The van der Waals surface area contributed by atoms with Crippen LogP contribution in [0.3, 0.4) is 0 Å². The van der Waals surface area contributed by atoms with E-state index in [9.17, 15) is 4.79 Å². The van der Waals surface area contributed by atoms with Crippen LogP contribution in [0.4, 0.5) is 0 Å². The van der Waals surface area contributed by atoms with Gasteiger partial charge >= 0.3 is 5.97 Å². The highest BCUT2D eigenvalue weighted by molar-refractivity contribution is 5.86. The summed E-state index contributed by atoms with van der Waals surface area (Å²) in [6.07, 6.45) is 6.12. The van der Waals surface area contributed by atoms with Gasteiger partial charge in [0.1, 0.15) is 0 Å². The molecule has 0 fully saturated rings. The fourth-order valence-corrected chi connectivity index (χ4v) is 0.954. The summed E-state index contributed by atoms with van der Waals surface area (Å²) < 4.78 is 6.87. The Morgan fingerprint density at radius 3 is 3.00 bits per heavy atom. The molecule has 14 heavy (non-hydrogen) atoms. The van der Waals surface area contributed by atoms with E-state index in [0.717, 1.165) is 13.0 Å². The molecule has 4 nitrogen and oxygen atoms in total. The van der Waals surface area contributed by atoms with Gasteiger partial charge in [0.15, 0.2) is 0 Å². The molecule has 1 aromatic rings. The molecule has 0 aromatic carbocycles. The highest BCUT2D eigenvalue weighted by atomic mass is 16.5. The Kier molecular flexibility index (Phi) is 3.91. The predicted octanol–water partition coefficient (Wildman–Crippen LogP) is 1.39. The molecule has 0 saturated carbocycles. The van der Waals surface area contributed by atoms with E-state index >= 15 is 0 Å². The van der Waals surface area contributed by atoms with Crippen LogP contribution in [0.1, 0.15) is 13.3 Å². The molecule has 1 aromatic heterocycles. The first-order valence-electron chi connectivity index (χ1n) is 4.48. The monoisotopic (exact) mass is 194 g/mol. The average molecular weight is 194 g/mol. The van der Waals surface area contributed by atoms with Crippen LogP contribution in [0, 0.1) is 0 Å². The van der Waals surface area contributed by atoms with Crippen molar-refractivity contribution in [2.45, 2.75) is 19.9 Å². The third kappa shape index (κ3) is 3.43. The molecule has 4 heteroatoms. The number of rotatable bonds is 5. The molecular weight excluding hydrogens is 180 g/mol. The Morgan fingerprint density at radius 1 is 1.64 bits per heavy atom. The second-order valence-corrected chi connectivity index (χ2v) is 3.07. The molecule has 0 spiro atoms. The van der Waals surface area contributed by atoms with E-state index in [0.29, 0.717) is 12.2 Å². The van der Waals surface area contributed by atoms with Crippen molar-refractivity contribution in [1.29, 1.82) is 0 Å². The zero-order valence-electron chi connectivity index (χ0n) is 8.27. The molecule has 0 radical (unpaired) electrons. The van der Waals surface area contributed by atoms with E-state index in [1.165, 1.54) is 0 Å². The third-order valence-electron chi connectivity index (χ3n) is 1.70. The molecule has 0 bridgehead atoms. The minimum Gasteiger partial charge on any atom is -0.462 e. The number of aromatic nitrogens is 2. The SMILES string of the molecule is C=C(C)C(=O)OCCCn1ccnc1. The van der Waals surface area contributed by atoms with Crippen molar-refractivity contribution in [2.24, 2.45) is 0 Å². The highest BCUT2D eigenvalue weighted by Gasteiger charge is 2.01. The number of aryl methyl sites for hydroxylation is 1. The summed E-state index contributed by atoms with van der Waals surface area (Å²) in [7, 11) is 0. The highest BCUT2D eigenvalue weighted by Crippen LogP contribution is 1.95. The molecule has 0 aliphatic rings.